The van der Waals surface area contributed by atoms with Gasteiger partial charge in [0.2, 0.25) is 5.91 Å². The standard InChI is InChI=1S/C18H24N4O5/c23-15(10-20-18(27)22-13-4-2-1-3-5-13)21-14-8-6-12(7-9-14)17(26)19-11-16(24)25/h6-9,13H,1-5,10-11H2,(H,19,26)(H,21,23)(H,24,25)(H2,20,22,27). The molecule has 0 bridgehead atoms. The molecule has 146 valence electrons. The molecule has 1 saturated carbocycles. The smallest absolute Gasteiger partial charge is 0.322 e. The third-order valence-corrected chi connectivity index (χ3v) is 4.18. The molecule has 4 amide bonds. The van der Waals surface area contributed by atoms with Gasteiger partial charge < -0.3 is 26.4 Å². The van der Waals surface area contributed by atoms with Crippen LogP contribution in [-0.2, 0) is 9.59 Å². The van der Waals surface area contributed by atoms with E-state index in [1.165, 1.54) is 30.7 Å². The maximum atomic E-state index is 11.9. The van der Waals surface area contributed by atoms with Crippen molar-refractivity contribution in [2.45, 2.75) is 38.1 Å². The molecule has 0 saturated heterocycles. The number of aliphatic carboxylic acids is 1. The lowest BCUT2D eigenvalue weighted by Crippen LogP contribution is -2.45. The minimum Gasteiger partial charge on any atom is -0.480 e. The normalized spacial score (nSPS) is 14.1. The van der Waals surface area contributed by atoms with E-state index in [9.17, 15) is 19.2 Å². The molecule has 0 atom stereocenters. The molecular weight excluding hydrogens is 352 g/mol. The van der Waals surface area contributed by atoms with Gasteiger partial charge in [-0.3, -0.25) is 14.4 Å². The summed E-state index contributed by atoms with van der Waals surface area (Å²) in [6, 6.07) is 5.79. The summed E-state index contributed by atoms with van der Waals surface area (Å²) in [6.45, 7) is -0.634. The second-order valence-corrected chi connectivity index (χ2v) is 6.36. The molecule has 0 spiro atoms. The molecule has 1 aromatic carbocycles. The number of anilines is 1. The molecule has 9 heteroatoms. The Morgan fingerprint density at radius 3 is 2.22 bits per heavy atom. The van der Waals surface area contributed by atoms with E-state index in [0.717, 1.165) is 25.7 Å². The molecular formula is C18H24N4O5. The lowest BCUT2D eigenvalue weighted by Gasteiger charge is -2.22. The largest absolute Gasteiger partial charge is 0.480 e. The van der Waals surface area contributed by atoms with Crippen molar-refractivity contribution in [2.24, 2.45) is 0 Å². The summed E-state index contributed by atoms with van der Waals surface area (Å²) in [5.41, 5.74) is 0.739. The highest BCUT2D eigenvalue weighted by atomic mass is 16.4. The van der Waals surface area contributed by atoms with Crippen LogP contribution in [0.2, 0.25) is 0 Å². The van der Waals surface area contributed by atoms with Gasteiger partial charge in [-0.15, -0.1) is 0 Å². The summed E-state index contributed by atoms with van der Waals surface area (Å²) in [6.07, 6.45) is 5.34. The van der Waals surface area contributed by atoms with E-state index in [-0.39, 0.29) is 24.2 Å². The van der Waals surface area contributed by atoms with Crippen molar-refractivity contribution in [1.29, 1.82) is 0 Å². The van der Waals surface area contributed by atoms with E-state index in [1.54, 1.807) is 0 Å². The van der Waals surface area contributed by atoms with Crippen molar-refractivity contribution >= 4 is 29.5 Å². The van der Waals surface area contributed by atoms with Gasteiger partial charge in [0.1, 0.15) is 6.54 Å². The van der Waals surface area contributed by atoms with Gasteiger partial charge in [-0.05, 0) is 37.1 Å². The Morgan fingerprint density at radius 1 is 0.926 bits per heavy atom. The molecule has 0 radical (unpaired) electrons. The summed E-state index contributed by atoms with van der Waals surface area (Å²) < 4.78 is 0. The van der Waals surface area contributed by atoms with Gasteiger partial charge >= 0.3 is 12.0 Å². The number of rotatable bonds is 7. The molecule has 0 aliphatic heterocycles. The third kappa shape index (κ3) is 7.35. The Kier molecular flexibility index (Phi) is 7.60. The van der Waals surface area contributed by atoms with Crippen LogP contribution in [0.5, 0.6) is 0 Å². The molecule has 9 nitrogen and oxygen atoms in total. The number of carbonyl (C=O) groups is 4. The van der Waals surface area contributed by atoms with Crippen LogP contribution >= 0.6 is 0 Å². The van der Waals surface area contributed by atoms with Crippen LogP contribution in [0.4, 0.5) is 10.5 Å². The zero-order valence-corrected chi connectivity index (χ0v) is 14.9. The van der Waals surface area contributed by atoms with Gasteiger partial charge in [-0.25, -0.2) is 4.79 Å². The number of nitrogens with one attached hydrogen (secondary N) is 4. The Labute approximate surface area is 156 Å². The van der Waals surface area contributed by atoms with Gasteiger partial charge in [-0.1, -0.05) is 19.3 Å². The first-order valence-electron chi connectivity index (χ1n) is 8.88. The summed E-state index contributed by atoms with van der Waals surface area (Å²) in [5, 5.41) is 18.8. The molecule has 0 aromatic heterocycles. The molecule has 1 aliphatic carbocycles. The van der Waals surface area contributed by atoms with Crippen molar-refractivity contribution in [3.05, 3.63) is 29.8 Å². The SMILES string of the molecule is O=C(O)CNC(=O)c1ccc(NC(=O)CNC(=O)NC2CCCCC2)cc1. The van der Waals surface area contributed by atoms with Crippen molar-refractivity contribution in [2.75, 3.05) is 18.4 Å². The van der Waals surface area contributed by atoms with Crippen LogP contribution in [0, 0.1) is 0 Å². The third-order valence-electron chi connectivity index (χ3n) is 4.18. The second-order valence-electron chi connectivity index (χ2n) is 6.36. The predicted molar refractivity (Wildman–Crippen MR) is 98.4 cm³/mol. The van der Waals surface area contributed by atoms with Crippen molar-refractivity contribution in [3.63, 3.8) is 0 Å². The van der Waals surface area contributed by atoms with Crippen LogP contribution in [0.1, 0.15) is 42.5 Å². The van der Waals surface area contributed by atoms with Crippen LogP contribution in [0.25, 0.3) is 0 Å². The van der Waals surface area contributed by atoms with Gasteiger partial charge in [0, 0.05) is 17.3 Å². The fourth-order valence-electron chi connectivity index (χ4n) is 2.81. The number of amides is 4. The molecule has 0 unspecified atom stereocenters. The first-order valence-corrected chi connectivity index (χ1v) is 8.88. The maximum Gasteiger partial charge on any atom is 0.322 e. The summed E-state index contributed by atoms with van der Waals surface area (Å²) in [7, 11) is 0. The van der Waals surface area contributed by atoms with Crippen molar-refractivity contribution in [1.82, 2.24) is 16.0 Å². The van der Waals surface area contributed by atoms with Crippen LogP contribution in [0.15, 0.2) is 24.3 Å². The topological polar surface area (TPSA) is 137 Å². The monoisotopic (exact) mass is 376 g/mol. The Hall–Kier alpha value is -3.10. The van der Waals surface area contributed by atoms with Crippen LogP contribution in [-0.4, -0.2) is 48.1 Å². The van der Waals surface area contributed by atoms with Gasteiger partial charge in [-0.2, -0.15) is 0 Å². The zero-order valence-electron chi connectivity index (χ0n) is 14.9. The van der Waals surface area contributed by atoms with Gasteiger partial charge in [0.25, 0.3) is 5.91 Å². The van der Waals surface area contributed by atoms with Crippen molar-refractivity contribution < 1.29 is 24.3 Å². The van der Waals surface area contributed by atoms with Crippen LogP contribution < -0.4 is 21.3 Å². The van der Waals surface area contributed by atoms with E-state index in [1.807, 2.05) is 0 Å². The maximum absolute atomic E-state index is 11.9. The number of urea groups is 1. The van der Waals surface area contributed by atoms with E-state index in [0.29, 0.717) is 5.69 Å². The predicted octanol–water partition coefficient (Wildman–Crippen LogP) is 1.07. The van der Waals surface area contributed by atoms with E-state index < -0.39 is 24.3 Å². The fraction of sp³-hybridized carbons (Fsp3) is 0.444. The zero-order chi connectivity index (χ0) is 19.6. The molecule has 1 aromatic rings. The molecule has 2 rings (SSSR count). The summed E-state index contributed by atoms with van der Waals surface area (Å²) in [4.78, 5) is 45.9. The fourth-order valence-corrected chi connectivity index (χ4v) is 2.81. The van der Waals surface area contributed by atoms with Gasteiger partial charge in [0.15, 0.2) is 0 Å². The Balaban J connectivity index is 1.72. The number of hydrogen-bond acceptors (Lipinski definition) is 4. The van der Waals surface area contributed by atoms with E-state index in [4.69, 9.17) is 5.11 Å². The molecule has 1 aliphatic rings. The average molecular weight is 376 g/mol. The first-order chi connectivity index (χ1) is 12.9. The van der Waals surface area contributed by atoms with Gasteiger partial charge in [0.05, 0.1) is 6.54 Å². The van der Waals surface area contributed by atoms with E-state index >= 15 is 0 Å². The molecule has 27 heavy (non-hydrogen) atoms. The highest BCUT2D eigenvalue weighted by Gasteiger charge is 2.16. The molecule has 1 fully saturated rings. The quantitative estimate of drug-likeness (QED) is 0.485. The number of carboxylic acid groups (broad SMARTS) is 1. The lowest BCUT2D eigenvalue weighted by atomic mass is 9.96. The molecule has 0 heterocycles. The Morgan fingerprint density at radius 2 is 1.59 bits per heavy atom. The number of hydrogen-bond donors (Lipinski definition) is 5. The number of carbonyl (C=O) groups excluding carboxylic acids is 3. The highest BCUT2D eigenvalue weighted by molar-refractivity contribution is 5.97. The van der Waals surface area contributed by atoms with E-state index in [2.05, 4.69) is 21.3 Å². The number of benzene rings is 1. The minimum atomic E-state index is -1.13. The highest BCUT2D eigenvalue weighted by Crippen LogP contribution is 2.17. The lowest BCUT2D eigenvalue weighted by molar-refractivity contribution is -0.135. The first kappa shape index (κ1) is 20.2. The molecule has 5 N–H and O–H groups in total. The average Bonchev–Trinajstić information content (AvgIpc) is 2.66. The Bertz CT molecular complexity index is 683. The second kappa shape index (κ2) is 10.1. The number of carboxylic acids is 1. The minimum absolute atomic E-state index is 0.167. The summed E-state index contributed by atoms with van der Waals surface area (Å²) in [5.74, 6) is -2.04. The summed E-state index contributed by atoms with van der Waals surface area (Å²) >= 11 is 0. The van der Waals surface area contributed by atoms with Crippen LogP contribution in [0.3, 0.4) is 0 Å². The van der Waals surface area contributed by atoms with Crippen molar-refractivity contribution in [3.8, 4) is 0 Å².